The monoisotopic (exact) mass is 332 g/mol. The molecule has 1 aliphatic heterocycles. The molecule has 118 valence electrons. The van der Waals surface area contributed by atoms with E-state index in [4.69, 9.17) is 21.1 Å². The second kappa shape index (κ2) is 6.94. The molecule has 5 nitrogen and oxygen atoms in total. The lowest BCUT2D eigenvalue weighted by Crippen LogP contribution is -2.35. The van der Waals surface area contributed by atoms with Crippen LogP contribution in [0.3, 0.4) is 0 Å². The van der Waals surface area contributed by atoms with Crippen molar-refractivity contribution in [2.75, 3.05) is 19.7 Å². The highest BCUT2D eigenvalue weighted by molar-refractivity contribution is 7.15. The summed E-state index contributed by atoms with van der Waals surface area (Å²) in [5.74, 6) is 0.362. The van der Waals surface area contributed by atoms with Gasteiger partial charge in [-0.05, 0) is 27.2 Å². The van der Waals surface area contributed by atoms with Gasteiger partial charge in [0.15, 0.2) is 4.47 Å². The van der Waals surface area contributed by atoms with E-state index >= 15 is 0 Å². The van der Waals surface area contributed by atoms with Crippen LogP contribution >= 0.6 is 22.9 Å². The van der Waals surface area contributed by atoms with Gasteiger partial charge < -0.3 is 14.4 Å². The highest BCUT2D eigenvalue weighted by Gasteiger charge is 2.29. The van der Waals surface area contributed by atoms with Gasteiger partial charge in [-0.25, -0.2) is 9.78 Å². The van der Waals surface area contributed by atoms with Crippen molar-refractivity contribution in [2.24, 2.45) is 5.92 Å². The van der Waals surface area contributed by atoms with Crippen molar-refractivity contribution in [2.45, 2.75) is 39.4 Å². The van der Waals surface area contributed by atoms with Gasteiger partial charge >= 0.3 is 6.09 Å². The molecule has 0 spiro atoms. The van der Waals surface area contributed by atoms with Crippen molar-refractivity contribution in [1.29, 1.82) is 0 Å². The third-order valence-corrected chi connectivity index (χ3v) is 4.15. The standard InChI is InChI=1S/C14H21ClN2O3S/c1-14(2,3)20-13(18)17-5-4-10(7-17)8-19-9-11-6-16-12(15)21-11/h6,10H,4-5,7-9H2,1-3H3. The molecule has 2 rings (SSSR count). The first-order chi connectivity index (χ1) is 9.83. The maximum atomic E-state index is 11.9. The number of carbonyl (C=O) groups is 1. The van der Waals surface area contributed by atoms with E-state index < -0.39 is 5.60 Å². The summed E-state index contributed by atoms with van der Waals surface area (Å²) in [6.07, 6.45) is 2.44. The van der Waals surface area contributed by atoms with E-state index in [0.29, 0.717) is 30.1 Å². The summed E-state index contributed by atoms with van der Waals surface area (Å²) in [7, 11) is 0. The van der Waals surface area contributed by atoms with Crippen LogP contribution in [0, 0.1) is 5.92 Å². The van der Waals surface area contributed by atoms with E-state index in [1.165, 1.54) is 11.3 Å². The quantitative estimate of drug-likeness (QED) is 0.845. The third-order valence-electron chi connectivity index (χ3n) is 3.06. The molecule has 0 N–H and O–H groups in total. The van der Waals surface area contributed by atoms with Crippen LogP contribution in [0.1, 0.15) is 32.1 Å². The first-order valence-electron chi connectivity index (χ1n) is 6.99. The van der Waals surface area contributed by atoms with Crippen molar-refractivity contribution in [3.63, 3.8) is 0 Å². The zero-order valence-electron chi connectivity index (χ0n) is 12.6. The fourth-order valence-corrected chi connectivity index (χ4v) is 3.05. The highest BCUT2D eigenvalue weighted by Crippen LogP contribution is 2.22. The summed E-state index contributed by atoms with van der Waals surface area (Å²) in [6, 6.07) is 0. The Hall–Kier alpha value is -0.850. The summed E-state index contributed by atoms with van der Waals surface area (Å²) in [5, 5.41) is 0. The van der Waals surface area contributed by atoms with Crippen LogP contribution in [0.5, 0.6) is 0 Å². The van der Waals surface area contributed by atoms with Crippen LogP contribution in [0.4, 0.5) is 4.79 Å². The van der Waals surface area contributed by atoms with Crippen molar-refractivity contribution < 1.29 is 14.3 Å². The molecule has 1 aromatic heterocycles. The molecule has 0 bridgehead atoms. The topological polar surface area (TPSA) is 51.7 Å². The van der Waals surface area contributed by atoms with Gasteiger partial charge in [0.05, 0.1) is 18.1 Å². The number of likely N-dealkylation sites (tertiary alicyclic amines) is 1. The molecule has 0 radical (unpaired) electrons. The van der Waals surface area contributed by atoms with Gasteiger partial charge in [-0.2, -0.15) is 0 Å². The average Bonchev–Trinajstić information content (AvgIpc) is 2.97. The Morgan fingerprint density at radius 2 is 2.33 bits per heavy atom. The lowest BCUT2D eigenvalue weighted by molar-refractivity contribution is 0.0272. The van der Waals surface area contributed by atoms with Crippen molar-refractivity contribution >= 4 is 29.0 Å². The number of hydrogen-bond acceptors (Lipinski definition) is 5. The Balaban J connectivity index is 1.69. The van der Waals surface area contributed by atoms with Crippen molar-refractivity contribution in [3.05, 3.63) is 15.5 Å². The smallest absolute Gasteiger partial charge is 0.410 e. The summed E-state index contributed by atoms with van der Waals surface area (Å²) in [4.78, 5) is 18.7. The van der Waals surface area contributed by atoms with Gasteiger partial charge in [0, 0.05) is 25.2 Å². The third kappa shape index (κ3) is 5.45. The number of nitrogens with zero attached hydrogens (tertiary/aromatic N) is 2. The van der Waals surface area contributed by atoms with Gasteiger partial charge in [-0.1, -0.05) is 11.6 Å². The number of hydrogen-bond donors (Lipinski definition) is 0. The molecule has 1 aliphatic rings. The summed E-state index contributed by atoms with van der Waals surface area (Å²) >= 11 is 7.19. The van der Waals surface area contributed by atoms with E-state index in [2.05, 4.69) is 4.98 Å². The first-order valence-corrected chi connectivity index (χ1v) is 8.19. The highest BCUT2D eigenvalue weighted by atomic mass is 35.5. The first kappa shape index (κ1) is 16.5. The number of rotatable bonds is 4. The van der Waals surface area contributed by atoms with Crippen LogP contribution in [0.25, 0.3) is 0 Å². The Bertz CT molecular complexity index is 487. The Morgan fingerprint density at radius 1 is 1.57 bits per heavy atom. The van der Waals surface area contributed by atoms with Crippen LogP contribution in [-0.4, -0.2) is 41.3 Å². The second-order valence-electron chi connectivity index (χ2n) is 6.18. The number of thiazole rings is 1. The molecule has 0 aliphatic carbocycles. The van der Waals surface area contributed by atoms with E-state index in [0.717, 1.165) is 17.8 Å². The van der Waals surface area contributed by atoms with Crippen LogP contribution in [0.15, 0.2) is 6.20 Å². The zero-order chi connectivity index (χ0) is 15.5. The van der Waals surface area contributed by atoms with Crippen LogP contribution in [-0.2, 0) is 16.1 Å². The molecule has 1 amide bonds. The largest absolute Gasteiger partial charge is 0.444 e. The Morgan fingerprint density at radius 3 is 2.95 bits per heavy atom. The SMILES string of the molecule is CC(C)(C)OC(=O)N1CCC(COCc2cnc(Cl)s2)C1. The molecule has 0 aromatic carbocycles. The maximum Gasteiger partial charge on any atom is 0.410 e. The van der Waals surface area contributed by atoms with Crippen molar-refractivity contribution in [1.82, 2.24) is 9.88 Å². The Kier molecular flexibility index (Phi) is 5.46. The predicted octanol–water partition coefficient (Wildman–Crippen LogP) is 3.57. The van der Waals surface area contributed by atoms with Gasteiger partial charge in [0.1, 0.15) is 5.60 Å². The summed E-state index contributed by atoms with van der Waals surface area (Å²) in [6.45, 7) is 8.21. The molecule has 7 heteroatoms. The number of aromatic nitrogens is 1. The fraction of sp³-hybridized carbons (Fsp3) is 0.714. The minimum Gasteiger partial charge on any atom is -0.444 e. The molecule has 1 unspecified atom stereocenters. The molecule has 1 aromatic rings. The molecule has 2 heterocycles. The van der Waals surface area contributed by atoms with Gasteiger partial charge in [0.2, 0.25) is 0 Å². The summed E-state index contributed by atoms with van der Waals surface area (Å²) < 4.78 is 11.6. The summed E-state index contributed by atoms with van der Waals surface area (Å²) in [5.41, 5.74) is -0.447. The molecule has 1 atom stereocenters. The van der Waals surface area contributed by atoms with Crippen LogP contribution in [0.2, 0.25) is 4.47 Å². The number of carbonyl (C=O) groups excluding carboxylic acids is 1. The lowest BCUT2D eigenvalue weighted by Gasteiger charge is -2.24. The van der Waals surface area contributed by atoms with Gasteiger partial charge in [-0.3, -0.25) is 0 Å². The average molecular weight is 333 g/mol. The van der Waals surface area contributed by atoms with Gasteiger partial charge in [-0.15, -0.1) is 11.3 Å². The zero-order valence-corrected chi connectivity index (χ0v) is 14.2. The van der Waals surface area contributed by atoms with E-state index in [1.54, 1.807) is 11.1 Å². The lowest BCUT2D eigenvalue weighted by atomic mass is 10.1. The number of ether oxygens (including phenoxy) is 2. The molecule has 21 heavy (non-hydrogen) atoms. The van der Waals surface area contributed by atoms with E-state index in [1.807, 2.05) is 20.8 Å². The number of halogens is 1. The minimum absolute atomic E-state index is 0.237. The van der Waals surface area contributed by atoms with Crippen molar-refractivity contribution in [3.8, 4) is 0 Å². The normalized spacial score (nSPS) is 19.0. The minimum atomic E-state index is -0.447. The fourth-order valence-electron chi connectivity index (χ4n) is 2.14. The molecular formula is C14H21ClN2O3S. The molecule has 1 saturated heterocycles. The molecule has 0 saturated carbocycles. The predicted molar refractivity (Wildman–Crippen MR) is 82.7 cm³/mol. The second-order valence-corrected chi connectivity index (χ2v) is 7.87. The molecule has 1 fully saturated rings. The van der Waals surface area contributed by atoms with Crippen LogP contribution < -0.4 is 0 Å². The molecular weight excluding hydrogens is 312 g/mol. The van der Waals surface area contributed by atoms with Gasteiger partial charge in [0.25, 0.3) is 0 Å². The number of amides is 1. The van der Waals surface area contributed by atoms with E-state index in [-0.39, 0.29) is 6.09 Å². The van der Waals surface area contributed by atoms with E-state index in [9.17, 15) is 4.79 Å². The Labute approximate surface area is 134 Å². The maximum absolute atomic E-state index is 11.9.